The monoisotopic (exact) mass is 398 g/mol. The number of hydrogen-bond acceptors (Lipinski definition) is 4. The summed E-state index contributed by atoms with van der Waals surface area (Å²) in [4.78, 5) is 0. The average Bonchev–Trinajstić information content (AvgIpc) is 3.02. The van der Waals surface area contributed by atoms with Crippen LogP contribution >= 0.6 is 39.1 Å². The maximum absolute atomic E-state index is 6.28. The Bertz CT molecular complexity index is 755. The molecule has 1 N–H and O–H groups in total. The number of aromatic amines is 1. The third kappa shape index (κ3) is 3.40. The Morgan fingerprint density at radius 3 is 2.55 bits per heavy atom. The summed E-state index contributed by atoms with van der Waals surface area (Å²) in [6.07, 6.45) is 0. The van der Waals surface area contributed by atoms with Gasteiger partial charge in [0, 0.05) is 10.6 Å². The molecule has 0 radical (unpaired) electrons. The third-order valence-corrected chi connectivity index (χ3v) is 4.02. The van der Waals surface area contributed by atoms with Gasteiger partial charge in [-0.05, 0) is 51.0 Å². The van der Waals surface area contributed by atoms with Gasteiger partial charge in [-0.3, -0.25) is 0 Å². The van der Waals surface area contributed by atoms with Crippen LogP contribution in [0.4, 0.5) is 0 Å². The van der Waals surface area contributed by atoms with E-state index in [1.165, 1.54) is 0 Å². The molecule has 22 heavy (non-hydrogen) atoms. The molecule has 0 aliphatic heterocycles. The summed E-state index contributed by atoms with van der Waals surface area (Å²) in [6, 6.07) is 11.0. The lowest BCUT2D eigenvalue weighted by Gasteiger charge is -2.11. The van der Waals surface area contributed by atoms with Crippen LogP contribution in [0.3, 0.4) is 0 Å². The van der Waals surface area contributed by atoms with Crippen molar-refractivity contribution in [1.82, 2.24) is 20.6 Å². The normalized spacial score (nSPS) is 10.7. The van der Waals surface area contributed by atoms with Crippen molar-refractivity contribution < 1.29 is 4.74 Å². The fourth-order valence-electron chi connectivity index (χ4n) is 1.85. The van der Waals surface area contributed by atoms with Gasteiger partial charge in [-0.1, -0.05) is 35.3 Å². The predicted octanol–water partition coefficient (Wildman–Crippen LogP) is 4.52. The predicted molar refractivity (Wildman–Crippen MR) is 88.1 cm³/mol. The Kier molecular flexibility index (Phi) is 4.61. The van der Waals surface area contributed by atoms with Crippen molar-refractivity contribution in [3.8, 4) is 17.1 Å². The number of tetrazole rings is 1. The number of H-pyrrole nitrogens is 1. The zero-order chi connectivity index (χ0) is 15.5. The molecule has 0 aliphatic rings. The summed E-state index contributed by atoms with van der Waals surface area (Å²) >= 11 is 15.6. The molecule has 0 spiro atoms. The second kappa shape index (κ2) is 6.64. The topological polar surface area (TPSA) is 63.7 Å². The zero-order valence-corrected chi connectivity index (χ0v) is 14.2. The molecule has 0 saturated carbocycles. The molecule has 3 rings (SSSR count). The molecule has 0 fully saturated rings. The number of rotatable bonds is 4. The van der Waals surface area contributed by atoms with Gasteiger partial charge >= 0.3 is 0 Å². The molecule has 0 bridgehead atoms. The van der Waals surface area contributed by atoms with E-state index < -0.39 is 0 Å². The first-order valence-electron chi connectivity index (χ1n) is 6.23. The van der Waals surface area contributed by atoms with Crippen LogP contribution in [0.25, 0.3) is 11.4 Å². The Labute approximate surface area is 144 Å². The summed E-state index contributed by atoms with van der Waals surface area (Å²) in [6.45, 7) is 0.386. The van der Waals surface area contributed by atoms with E-state index >= 15 is 0 Å². The number of nitrogens with one attached hydrogen (secondary N) is 1. The van der Waals surface area contributed by atoms with E-state index in [-0.39, 0.29) is 0 Å². The molecule has 0 aliphatic carbocycles. The van der Waals surface area contributed by atoms with Gasteiger partial charge in [0.2, 0.25) is 5.82 Å². The van der Waals surface area contributed by atoms with Gasteiger partial charge in [-0.25, -0.2) is 0 Å². The van der Waals surface area contributed by atoms with Crippen LogP contribution in [0, 0.1) is 0 Å². The molecular weight excluding hydrogens is 391 g/mol. The fourth-order valence-corrected chi connectivity index (χ4v) is 2.94. The molecule has 0 unspecified atom stereocenters. The Morgan fingerprint density at radius 2 is 1.91 bits per heavy atom. The minimum absolute atomic E-state index is 0.386. The van der Waals surface area contributed by atoms with Crippen LogP contribution in [-0.4, -0.2) is 20.6 Å². The molecule has 0 atom stereocenters. The molecule has 0 saturated heterocycles. The summed E-state index contributed by atoms with van der Waals surface area (Å²) in [5.74, 6) is 1.02. The van der Waals surface area contributed by atoms with Crippen molar-refractivity contribution in [2.75, 3.05) is 0 Å². The summed E-state index contributed by atoms with van der Waals surface area (Å²) in [7, 11) is 0. The van der Waals surface area contributed by atoms with Crippen LogP contribution in [0.2, 0.25) is 10.0 Å². The number of benzene rings is 2. The van der Waals surface area contributed by atoms with Crippen molar-refractivity contribution in [2.24, 2.45) is 0 Å². The van der Waals surface area contributed by atoms with Crippen molar-refractivity contribution in [2.45, 2.75) is 6.61 Å². The highest BCUT2D eigenvalue weighted by Crippen LogP contribution is 2.37. The quantitative estimate of drug-likeness (QED) is 0.700. The number of ether oxygens (including phenoxy) is 1. The highest BCUT2D eigenvalue weighted by Gasteiger charge is 2.13. The lowest BCUT2D eigenvalue weighted by Crippen LogP contribution is -1.97. The smallest absolute Gasteiger partial charge is 0.204 e. The molecule has 2 aromatic carbocycles. The molecular formula is C14H9BrCl2N4O. The molecule has 1 heterocycles. The summed E-state index contributed by atoms with van der Waals surface area (Å²) in [5, 5.41) is 14.9. The molecule has 3 aromatic rings. The minimum Gasteiger partial charge on any atom is -0.486 e. The highest BCUT2D eigenvalue weighted by molar-refractivity contribution is 9.10. The Hall–Kier alpha value is -1.63. The van der Waals surface area contributed by atoms with E-state index in [9.17, 15) is 0 Å². The van der Waals surface area contributed by atoms with Gasteiger partial charge in [0.05, 0.1) is 9.50 Å². The van der Waals surface area contributed by atoms with Crippen molar-refractivity contribution >= 4 is 39.1 Å². The Morgan fingerprint density at radius 1 is 1.14 bits per heavy atom. The van der Waals surface area contributed by atoms with Gasteiger partial charge in [-0.2, -0.15) is 5.21 Å². The SMILES string of the molecule is Clc1ccc(COc2c(Cl)cc(-c3nn[nH]n3)cc2Br)cc1. The maximum atomic E-state index is 6.28. The zero-order valence-electron chi connectivity index (χ0n) is 11.1. The maximum Gasteiger partial charge on any atom is 0.204 e. The number of hydrogen-bond donors (Lipinski definition) is 1. The van der Waals surface area contributed by atoms with Crippen LogP contribution in [0.5, 0.6) is 5.75 Å². The van der Waals surface area contributed by atoms with Crippen LogP contribution in [0.1, 0.15) is 5.56 Å². The van der Waals surface area contributed by atoms with E-state index in [4.69, 9.17) is 27.9 Å². The minimum atomic E-state index is 0.386. The van der Waals surface area contributed by atoms with Gasteiger partial charge in [-0.15, -0.1) is 10.2 Å². The van der Waals surface area contributed by atoms with E-state index in [0.717, 1.165) is 11.1 Å². The largest absolute Gasteiger partial charge is 0.486 e. The second-order valence-corrected chi connectivity index (χ2v) is 6.12. The lowest BCUT2D eigenvalue weighted by atomic mass is 10.2. The van der Waals surface area contributed by atoms with Crippen LogP contribution in [-0.2, 0) is 6.61 Å². The molecule has 8 heteroatoms. The van der Waals surface area contributed by atoms with E-state index in [1.54, 1.807) is 6.07 Å². The fraction of sp³-hybridized carbons (Fsp3) is 0.0714. The number of halogens is 3. The van der Waals surface area contributed by atoms with E-state index in [1.807, 2.05) is 30.3 Å². The van der Waals surface area contributed by atoms with Gasteiger partial charge in [0.1, 0.15) is 6.61 Å². The van der Waals surface area contributed by atoms with Gasteiger partial charge in [0.25, 0.3) is 0 Å². The van der Waals surface area contributed by atoms with Crippen molar-refractivity contribution in [3.05, 3.63) is 56.5 Å². The number of aromatic nitrogens is 4. The summed E-state index contributed by atoms with van der Waals surface area (Å²) < 4.78 is 6.50. The standard InChI is InChI=1S/C14H9BrCl2N4O/c15-11-5-9(14-18-20-21-19-14)6-12(17)13(11)22-7-8-1-3-10(16)4-2-8/h1-6H,7H2,(H,18,19,20,21). The average molecular weight is 400 g/mol. The van der Waals surface area contributed by atoms with Gasteiger partial charge in [0.15, 0.2) is 5.75 Å². The van der Waals surface area contributed by atoms with E-state index in [2.05, 4.69) is 36.6 Å². The number of nitrogens with zero attached hydrogens (tertiary/aromatic N) is 3. The van der Waals surface area contributed by atoms with Crippen LogP contribution < -0.4 is 4.74 Å². The molecule has 1 aromatic heterocycles. The third-order valence-electron chi connectivity index (χ3n) is 2.90. The second-order valence-electron chi connectivity index (χ2n) is 4.42. The first-order chi connectivity index (χ1) is 10.6. The summed E-state index contributed by atoms with van der Waals surface area (Å²) in [5.41, 5.74) is 1.74. The lowest BCUT2D eigenvalue weighted by molar-refractivity contribution is 0.304. The molecule has 0 amide bonds. The van der Waals surface area contributed by atoms with E-state index in [0.29, 0.717) is 32.7 Å². The van der Waals surface area contributed by atoms with Crippen molar-refractivity contribution in [3.63, 3.8) is 0 Å². The highest BCUT2D eigenvalue weighted by atomic mass is 79.9. The van der Waals surface area contributed by atoms with Crippen LogP contribution in [0.15, 0.2) is 40.9 Å². The van der Waals surface area contributed by atoms with Crippen molar-refractivity contribution in [1.29, 1.82) is 0 Å². The first kappa shape index (κ1) is 15.3. The molecule has 5 nitrogen and oxygen atoms in total. The van der Waals surface area contributed by atoms with Gasteiger partial charge < -0.3 is 4.74 Å². The Balaban J connectivity index is 1.80. The first-order valence-corrected chi connectivity index (χ1v) is 7.78. The molecule has 112 valence electrons.